The molecular weight excluding hydrogens is 590 g/mol. The number of benzene rings is 2. The zero-order valence-electron chi connectivity index (χ0n) is 17.7. The standard InChI is InChI=1S/2C11H11.C4H6Si.2ClH.Hf/c2*1-2-9-7-10-5-3-4-6-11(10)8-9;1-3-5-4-2;;;/h2*3-8H,2H2,1H3;3-4H,1-2H2;2*1H;/q2*-1;;;;+4/p-2. The molecule has 4 aromatic carbocycles. The van der Waals surface area contributed by atoms with Crippen LogP contribution in [-0.2, 0) is 38.7 Å². The van der Waals surface area contributed by atoms with Gasteiger partial charge in [0.25, 0.3) is 0 Å². The van der Waals surface area contributed by atoms with Crippen molar-refractivity contribution in [3.05, 3.63) is 108 Å². The molecule has 0 aliphatic heterocycles. The van der Waals surface area contributed by atoms with Gasteiger partial charge in [-0.25, -0.2) is 0 Å². The zero-order valence-corrected chi connectivity index (χ0v) is 23.8. The second-order valence-electron chi connectivity index (χ2n) is 6.27. The minimum Gasteiger partial charge on any atom is -1.00 e. The first kappa shape index (κ1) is 31.0. The third-order valence-electron chi connectivity index (χ3n) is 4.41. The Morgan fingerprint density at radius 1 is 0.733 bits per heavy atom. The number of hydrogen-bond acceptors (Lipinski definition) is 0. The second-order valence-corrected chi connectivity index (χ2v) is 7.42. The van der Waals surface area contributed by atoms with Gasteiger partial charge in [-0.2, -0.15) is 12.1 Å². The van der Waals surface area contributed by atoms with Gasteiger partial charge in [-0.15, -0.1) is 106 Å². The zero-order chi connectivity index (χ0) is 19.5. The molecule has 0 aromatic heterocycles. The summed E-state index contributed by atoms with van der Waals surface area (Å²) in [5.74, 6) is 0. The van der Waals surface area contributed by atoms with Crippen molar-refractivity contribution in [2.45, 2.75) is 26.7 Å². The van der Waals surface area contributed by atoms with Crippen LogP contribution in [0.3, 0.4) is 0 Å². The van der Waals surface area contributed by atoms with Crippen molar-refractivity contribution in [1.82, 2.24) is 0 Å². The van der Waals surface area contributed by atoms with Crippen molar-refractivity contribution >= 4 is 31.1 Å². The molecule has 4 heteroatoms. The summed E-state index contributed by atoms with van der Waals surface area (Å²) in [5, 5.41) is 5.46. The molecule has 2 radical (unpaired) electrons. The first-order valence-corrected chi connectivity index (χ1v) is 10.6. The number of aryl methyl sites for hydroxylation is 2. The molecule has 0 spiro atoms. The first-order chi connectivity index (χ1) is 13.2. The van der Waals surface area contributed by atoms with Crippen LogP contribution in [0.15, 0.2) is 97.4 Å². The van der Waals surface area contributed by atoms with Gasteiger partial charge in [-0.05, 0) is 12.8 Å². The van der Waals surface area contributed by atoms with E-state index in [9.17, 15) is 0 Å². The van der Waals surface area contributed by atoms with E-state index in [1.54, 1.807) is 0 Å². The van der Waals surface area contributed by atoms with Crippen LogP contribution >= 0.6 is 0 Å². The summed E-state index contributed by atoms with van der Waals surface area (Å²) >= 11 is 0. The Hall–Kier alpha value is -1.19. The van der Waals surface area contributed by atoms with E-state index in [1.807, 2.05) is 11.4 Å². The van der Waals surface area contributed by atoms with Crippen LogP contribution in [0.25, 0.3) is 21.5 Å². The Bertz CT molecular complexity index is 839. The van der Waals surface area contributed by atoms with Crippen molar-refractivity contribution in [3.63, 3.8) is 0 Å². The predicted molar refractivity (Wildman–Crippen MR) is 124 cm³/mol. The summed E-state index contributed by atoms with van der Waals surface area (Å²) in [6.45, 7) is 11.4. The average molecular weight is 618 g/mol. The first-order valence-electron chi connectivity index (χ1n) is 9.48. The van der Waals surface area contributed by atoms with Gasteiger partial charge in [0.2, 0.25) is 0 Å². The van der Waals surface area contributed by atoms with Crippen molar-refractivity contribution in [2.24, 2.45) is 0 Å². The van der Waals surface area contributed by atoms with Crippen LogP contribution < -0.4 is 24.8 Å². The van der Waals surface area contributed by atoms with Gasteiger partial charge in [0.1, 0.15) is 0 Å². The quantitative estimate of drug-likeness (QED) is 0.239. The minimum atomic E-state index is 0. The van der Waals surface area contributed by atoms with E-state index in [0.29, 0.717) is 0 Å². The Balaban J connectivity index is 0. The van der Waals surface area contributed by atoms with E-state index in [4.69, 9.17) is 0 Å². The largest absolute Gasteiger partial charge is 4.00 e. The maximum atomic E-state index is 3.49. The Kier molecular flexibility index (Phi) is 18.1. The number of halogens is 2. The fourth-order valence-corrected chi connectivity index (χ4v) is 3.09. The normalized spacial score (nSPS) is 8.87. The summed E-state index contributed by atoms with van der Waals surface area (Å²) in [7, 11) is 0.725. The second kappa shape index (κ2) is 17.5. The molecule has 0 fully saturated rings. The molecule has 30 heavy (non-hydrogen) atoms. The molecule has 4 rings (SSSR count). The molecule has 0 saturated heterocycles. The number of fused-ring (bicyclic) bond motifs is 2. The maximum Gasteiger partial charge on any atom is 4.00 e. The van der Waals surface area contributed by atoms with Gasteiger partial charge in [-0.1, -0.05) is 26.0 Å². The summed E-state index contributed by atoms with van der Waals surface area (Å²) in [6, 6.07) is 26.0. The predicted octanol–water partition coefficient (Wildman–Crippen LogP) is 1.23. The molecule has 154 valence electrons. The molecular formula is C26H28Cl2HfSi. The van der Waals surface area contributed by atoms with E-state index in [0.717, 1.165) is 22.4 Å². The minimum absolute atomic E-state index is 0. The average Bonchev–Trinajstić information content (AvgIpc) is 3.32. The van der Waals surface area contributed by atoms with Gasteiger partial charge < -0.3 is 24.8 Å². The van der Waals surface area contributed by atoms with Gasteiger partial charge >= 0.3 is 25.8 Å². The molecule has 0 heterocycles. The van der Waals surface area contributed by atoms with Crippen LogP contribution in [0.4, 0.5) is 0 Å². The van der Waals surface area contributed by atoms with Crippen LogP contribution in [0.1, 0.15) is 25.0 Å². The van der Waals surface area contributed by atoms with Crippen LogP contribution in [0, 0.1) is 0 Å². The fraction of sp³-hybridized carbons (Fsp3) is 0.154. The van der Waals surface area contributed by atoms with E-state index >= 15 is 0 Å². The molecule has 0 unspecified atom stereocenters. The molecule has 0 saturated carbocycles. The van der Waals surface area contributed by atoms with Crippen molar-refractivity contribution in [3.8, 4) is 0 Å². The molecule has 0 aliphatic rings. The maximum absolute atomic E-state index is 3.49. The van der Waals surface area contributed by atoms with Gasteiger partial charge in [0.15, 0.2) is 0 Å². The Morgan fingerprint density at radius 3 is 1.37 bits per heavy atom. The smallest absolute Gasteiger partial charge is 1.00 e. The van der Waals surface area contributed by atoms with Crippen molar-refractivity contribution < 1.29 is 50.7 Å². The number of hydrogen-bond donors (Lipinski definition) is 0. The summed E-state index contributed by atoms with van der Waals surface area (Å²) in [6.07, 6.45) is 2.27. The topological polar surface area (TPSA) is 0 Å². The molecule has 0 bridgehead atoms. The van der Waals surface area contributed by atoms with Crippen molar-refractivity contribution in [2.75, 3.05) is 0 Å². The van der Waals surface area contributed by atoms with E-state index < -0.39 is 0 Å². The van der Waals surface area contributed by atoms with Gasteiger partial charge in [-0.3, -0.25) is 0 Å². The van der Waals surface area contributed by atoms with Gasteiger partial charge in [0, 0.05) is 0 Å². The summed E-state index contributed by atoms with van der Waals surface area (Å²) in [4.78, 5) is 0. The van der Waals surface area contributed by atoms with Crippen LogP contribution in [-0.4, -0.2) is 9.52 Å². The summed E-state index contributed by atoms with van der Waals surface area (Å²) in [5.41, 5.74) is 6.55. The molecule has 0 aliphatic carbocycles. The molecule has 0 amide bonds. The molecule has 0 nitrogen and oxygen atoms in total. The molecule has 0 atom stereocenters. The van der Waals surface area contributed by atoms with E-state index in [2.05, 4.69) is 99.8 Å². The monoisotopic (exact) mass is 618 g/mol. The fourth-order valence-electron chi connectivity index (χ4n) is 2.92. The van der Waals surface area contributed by atoms with E-state index in [-0.39, 0.29) is 50.7 Å². The summed E-state index contributed by atoms with van der Waals surface area (Å²) < 4.78 is 0. The van der Waals surface area contributed by atoms with Crippen LogP contribution in [0.2, 0.25) is 0 Å². The SMILES string of the molecule is C=C[Si]C=C.CCc1cc2ccccc2[cH-]1.CCc1cc2ccccc2[cH-]1.[Cl-].[Cl-].[Hf+4]. The van der Waals surface area contributed by atoms with Crippen LogP contribution in [0.5, 0.6) is 0 Å². The molecule has 4 aromatic rings. The third kappa shape index (κ3) is 9.74. The van der Waals surface area contributed by atoms with E-state index in [1.165, 1.54) is 32.7 Å². The Morgan fingerprint density at radius 2 is 1.10 bits per heavy atom. The van der Waals surface area contributed by atoms with Crippen molar-refractivity contribution in [1.29, 1.82) is 0 Å². The molecule has 0 N–H and O–H groups in total. The number of rotatable bonds is 4. The van der Waals surface area contributed by atoms with Gasteiger partial charge in [0.05, 0.1) is 9.52 Å². The third-order valence-corrected chi connectivity index (χ3v) is 4.88. The Labute approximate surface area is 215 Å².